The maximum Gasteiger partial charge on any atom is 0.277 e. The van der Waals surface area contributed by atoms with Crippen molar-refractivity contribution < 1.29 is 14.3 Å². The molecule has 1 fully saturated rings. The molecule has 2 amide bonds. The van der Waals surface area contributed by atoms with Crippen LogP contribution in [0.3, 0.4) is 0 Å². The molecule has 0 N–H and O–H groups in total. The Morgan fingerprint density at radius 2 is 1.57 bits per heavy atom. The zero-order valence-electron chi connectivity index (χ0n) is 18.7. The van der Waals surface area contributed by atoms with E-state index in [1.165, 1.54) is 4.90 Å². The van der Waals surface area contributed by atoms with Crippen LogP contribution in [0.25, 0.3) is 5.57 Å². The van der Waals surface area contributed by atoms with E-state index in [0.717, 1.165) is 69.7 Å². The summed E-state index contributed by atoms with van der Waals surface area (Å²) < 4.78 is 5.54. The first kappa shape index (κ1) is 22.3. The molecule has 0 radical (unpaired) electrons. The Morgan fingerprint density at radius 3 is 2.17 bits per heavy atom. The lowest BCUT2D eigenvalue weighted by atomic mass is 10.0. The largest absolute Gasteiger partial charge is 0.494 e. The number of carbonyl (C=O) groups excluding carboxylic acids is 2. The van der Waals surface area contributed by atoms with Gasteiger partial charge in [-0.05, 0) is 37.6 Å². The number of nitrogens with zero attached hydrogens (tertiary/aromatic N) is 3. The maximum atomic E-state index is 13.4. The van der Waals surface area contributed by atoms with Crippen LogP contribution in [0.4, 0.5) is 0 Å². The zero-order chi connectivity index (χ0) is 21.5. The Balaban J connectivity index is 1.88. The topological polar surface area (TPSA) is 53.1 Å². The number of imide groups is 1. The molecular weight excluding hydrogens is 378 g/mol. The van der Waals surface area contributed by atoms with Gasteiger partial charge in [-0.3, -0.25) is 14.5 Å². The number of rotatable bonds is 10. The minimum Gasteiger partial charge on any atom is -0.494 e. The SMILES string of the molecule is CCCCCCN1C(=O)C(c2ccc(OCC)cc2)=C(N2CCN(CC)CC2)C1=O. The predicted molar refractivity (Wildman–Crippen MR) is 119 cm³/mol. The first-order valence-electron chi connectivity index (χ1n) is 11.4. The Hall–Kier alpha value is -2.34. The number of carbonyl (C=O) groups is 2. The maximum absolute atomic E-state index is 13.4. The third-order valence-electron chi connectivity index (χ3n) is 5.97. The fraction of sp³-hybridized carbons (Fsp3) is 0.583. The zero-order valence-corrected chi connectivity index (χ0v) is 18.7. The van der Waals surface area contributed by atoms with Gasteiger partial charge in [0.25, 0.3) is 11.8 Å². The molecule has 0 bridgehead atoms. The molecule has 1 saturated heterocycles. The van der Waals surface area contributed by atoms with Crippen LogP contribution in [0.1, 0.15) is 52.0 Å². The van der Waals surface area contributed by atoms with Gasteiger partial charge in [-0.25, -0.2) is 0 Å². The van der Waals surface area contributed by atoms with E-state index in [-0.39, 0.29) is 11.8 Å². The molecule has 0 saturated carbocycles. The highest BCUT2D eigenvalue weighted by atomic mass is 16.5. The Labute approximate surface area is 180 Å². The van der Waals surface area contributed by atoms with Crippen LogP contribution in [0.2, 0.25) is 0 Å². The lowest BCUT2D eigenvalue weighted by molar-refractivity contribution is -0.137. The second-order valence-corrected chi connectivity index (χ2v) is 7.92. The van der Waals surface area contributed by atoms with Gasteiger partial charge in [0.2, 0.25) is 0 Å². The van der Waals surface area contributed by atoms with Crippen molar-refractivity contribution in [3.63, 3.8) is 0 Å². The monoisotopic (exact) mass is 413 g/mol. The minimum absolute atomic E-state index is 0.134. The van der Waals surface area contributed by atoms with Crippen LogP contribution in [0.15, 0.2) is 30.0 Å². The Morgan fingerprint density at radius 1 is 0.867 bits per heavy atom. The molecule has 2 heterocycles. The van der Waals surface area contributed by atoms with Gasteiger partial charge < -0.3 is 14.5 Å². The summed E-state index contributed by atoms with van der Waals surface area (Å²) >= 11 is 0. The predicted octanol–water partition coefficient (Wildman–Crippen LogP) is 3.38. The lowest BCUT2D eigenvalue weighted by Gasteiger charge is -2.36. The van der Waals surface area contributed by atoms with E-state index in [1.54, 1.807) is 0 Å². The minimum atomic E-state index is -0.159. The van der Waals surface area contributed by atoms with Gasteiger partial charge >= 0.3 is 0 Å². The highest BCUT2D eigenvalue weighted by molar-refractivity contribution is 6.35. The normalized spacial score (nSPS) is 18.0. The average molecular weight is 414 g/mol. The van der Waals surface area contributed by atoms with Crippen LogP contribution in [0, 0.1) is 0 Å². The van der Waals surface area contributed by atoms with Crippen LogP contribution in [-0.4, -0.2) is 72.4 Å². The van der Waals surface area contributed by atoms with Crippen molar-refractivity contribution in [1.29, 1.82) is 0 Å². The number of unbranched alkanes of at least 4 members (excludes halogenated alkanes) is 3. The summed E-state index contributed by atoms with van der Waals surface area (Å²) in [6.07, 6.45) is 4.15. The van der Waals surface area contributed by atoms with E-state index >= 15 is 0 Å². The molecule has 30 heavy (non-hydrogen) atoms. The van der Waals surface area contributed by atoms with Crippen LogP contribution < -0.4 is 4.74 Å². The van der Waals surface area contributed by atoms with Crippen molar-refractivity contribution in [2.45, 2.75) is 46.5 Å². The van der Waals surface area contributed by atoms with E-state index in [4.69, 9.17) is 4.74 Å². The summed E-state index contributed by atoms with van der Waals surface area (Å²) in [7, 11) is 0. The molecule has 0 unspecified atom stereocenters. The van der Waals surface area contributed by atoms with Gasteiger partial charge in [0.05, 0.1) is 12.2 Å². The summed E-state index contributed by atoms with van der Waals surface area (Å²) in [6, 6.07) is 7.54. The first-order valence-corrected chi connectivity index (χ1v) is 11.4. The van der Waals surface area contributed by atoms with Gasteiger partial charge in [-0.1, -0.05) is 45.2 Å². The van der Waals surface area contributed by atoms with Gasteiger partial charge in [0.1, 0.15) is 11.4 Å². The molecular formula is C24H35N3O3. The quantitative estimate of drug-likeness (QED) is 0.435. The van der Waals surface area contributed by atoms with Gasteiger partial charge in [-0.15, -0.1) is 0 Å². The van der Waals surface area contributed by atoms with Crippen LogP contribution in [-0.2, 0) is 9.59 Å². The van der Waals surface area contributed by atoms with E-state index in [9.17, 15) is 9.59 Å². The van der Waals surface area contributed by atoms with Crippen molar-refractivity contribution in [3.05, 3.63) is 35.5 Å². The molecule has 0 aliphatic carbocycles. The van der Waals surface area contributed by atoms with Crippen LogP contribution in [0.5, 0.6) is 5.75 Å². The molecule has 3 rings (SSSR count). The summed E-state index contributed by atoms with van der Waals surface area (Å²) in [5, 5.41) is 0. The Bertz CT molecular complexity index is 764. The molecule has 164 valence electrons. The van der Waals surface area contributed by atoms with E-state index in [0.29, 0.717) is 24.4 Å². The second-order valence-electron chi connectivity index (χ2n) is 7.92. The van der Waals surface area contributed by atoms with Crippen molar-refractivity contribution >= 4 is 17.4 Å². The van der Waals surface area contributed by atoms with Gasteiger partial charge in [-0.2, -0.15) is 0 Å². The molecule has 6 nitrogen and oxygen atoms in total. The van der Waals surface area contributed by atoms with E-state index in [2.05, 4.69) is 23.6 Å². The molecule has 2 aliphatic rings. The fourth-order valence-corrected chi connectivity index (χ4v) is 4.19. The highest BCUT2D eigenvalue weighted by Crippen LogP contribution is 2.33. The lowest BCUT2D eigenvalue weighted by Crippen LogP contribution is -2.47. The number of hydrogen-bond acceptors (Lipinski definition) is 5. The van der Waals surface area contributed by atoms with Gasteiger partial charge in [0.15, 0.2) is 0 Å². The number of benzene rings is 1. The van der Waals surface area contributed by atoms with E-state index in [1.807, 2.05) is 31.2 Å². The number of ether oxygens (including phenoxy) is 1. The fourth-order valence-electron chi connectivity index (χ4n) is 4.19. The highest BCUT2D eigenvalue weighted by Gasteiger charge is 2.41. The smallest absolute Gasteiger partial charge is 0.277 e. The summed E-state index contributed by atoms with van der Waals surface area (Å²) in [6.45, 7) is 11.7. The van der Waals surface area contributed by atoms with Crippen molar-refractivity contribution in [2.24, 2.45) is 0 Å². The molecule has 2 aliphatic heterocycles. The molecule has 0 aromatic heterocycles. The number of amides is 2. The Kier molecular flexibility index (Phi) is 7.91. The molecule has 1 aromatic carbocycles. The second kappa shape index (κ2) is 10.6. The number of hydrogen-bond donors (Lipinski definition) is 0. The van der Waals surface area contributed by atoms with Gasteiger partial charge in [0, 0.05) is 32.7 Å². The number of likely N-dealkylation sites (N-methyl/N-ethyl adjacent to an activating group) is 1. The average Bonchev–Trinajstić information content (AvgIpc) is 3.02. The van der Waals surface area contributed by atoms with Crippen molar-refractivity contribution in [1.82, 2.24) is 14.7 Å². The first-order chi connectivity index (χ1) is 14.6. The van der Waals surface area contributed by atoms with Crippen LogP contribution >= 0.6 is 0 Å². The molecule has 0 atom stereocenters. The third kappa shape index (κ3) is 4.86. The molecule has 1 aromatic rings. The van der Waals surface area contributed by atoms with Crippen molar-refractivity contribution in [2.75, 3.05) is 45.9 Å². The standard InChI is InChI=1S/C24H35N3O3/c1-4-7-8-9-14-27-23(28)21(19-10-12-20(13-11-19)30-6-3)22(24(27)29)26-17-15-25(5-2)16-18-26/h10-13H,4-9,14-18H2,1-3H3. The van der Waals surface area contributed by atoms with Crippen molar-refractivity contribution in [3.8, 4) is 5.75 Å². The third-order valence-corrected chi connectivity index (χ3v) is 5.97. The molecule has 0 spiro atoms. The number of piperazine rings is 1. The van der Waals surface area contributed by atoms with E-state index < -0.39 is 0 Å². The summed E-state index contributed by atoms with van der Waals surface area (Å²) in [5.74, 6) is 0.479. The summed E-state index contributed by atoms with van der Waals surface area (Å²) in [5.41, 5.74) is 1.92. The molecule has 6 heteroatoms. The summed E-state index contributed by atoms with van der Waals surface area (Å²) in [4.78, 5) is 32.6.